The van der Waals surface area contributed by atoms with Gasteiger partial charge in [0, 0.05) is 81.3 Å². The van der Waals surface area contributed by atoms with Crippen LogP contribution in [0.15, 0.2) is 202 Å². The lowest BCUT2D eigenvalue weighted by atomic mass is 9.76. The average Bonchev–Trinajstić information content (AvgIpc) is 0.770. The smallest absolute Gasteiger partial charge is 0.377 e. The quantitative estimate of drug-likeness (QED) is 0.0120. The van der Waals surface area contributed by atoms with Crippen molar-refractivity contribution >= 4 is 5.71 Å². The first-order valence-corrected chi connectivity index (χ1v) is 42.1. The molecule has 0 heterocycles. The van der Waals surface area contributed by atoms with Crippen molar-refractivity contribution in [1.29, 1.82) is 5.41 Å². The molecule has 0 aliphatic heterocycles. The number of unbranched alkanes of at least 4 members (excludes halogenated alkanes) is 7. The van der Waals surface area contributed by atoms with Gasteiger partial charge in [0.2, 0.25) is 23.4 Å². The number of alkyl halides is 16. The molecule has 29 heteroatoms. The van der Waals surface area contributed by atoms with Crippen LogP contribution < -0.4 is 0 Å². The second kappa shape index (κ2) is 78.0. The normalized spacial score (nSPS) is 14.1. The van der Waals surface area contributed by atoms with E-state index in [0.717, 1.165) is 76.9 Å². The van der Waals surface area contributed by atoms with Crippen LogP contribution in [0.2, 0.25) is 0 Å². The Morgan fingerprint density at radius 3 is 0.952 bits per heavy atom. The number of rotatable bonds is 68. The highest BCUT2D eigenvalue weighted by Gasteiger charge is 2.61. The van der Waals surface area contributed by atoms with Crippen LogP contribution in [0.25, 0.3) is 0 Å². The van der Waals surface area contributed by atoms with E-state index >= 15 is 0 Å². The van der Waals surface area contributed by atoms with Crippen molar-refractivity contribution in [3.63, 3.8) is 0 Å². The van der Waals surface area contributed by atoms with E-state index in [1.165, 1.54) is 37.3 Å². The van der Waals surface area contributed by atoms with Crippen LogP contribution >= 0.6 is 0 Å². The molecule has 0 bridgehead atoms. The molecule has 13 nitrogen and oxygen atoms in total. The van der Waals surface area contributed by atoms with Gasteiger partial charge in [0.25, 0.3) is 0 Å². The molecule has 9 N–H and O–H groups in total. The van der Waals surface area contributed by atoms with Gasteiger partial charge in [0.05, 0.1) is 53.1 Å². The standard InChI is InChI=1S/C17H29F3O2.C15H25F3O2.C13H23FO.C11H17F3O2.C11H19FO.C10H16F3NO2.C9H15FO.C7H11FO.C2H4/c1-5-8-11-14(4)16(21,15(7-3)10-6-2)17(19,20)22-13-9-12-18;1-5-9-12(4)14(19,13(6-2)7-3)15(17,18)20-11-8-10-16;1-3-5-7-9-11-13(14,15)12-10-8-6-4-2;1-4-9(3)10(15,5-2)11(13,14)16-8-6-7-12;1-3-5-7-9-11(12,13)10-8-6-4-2;1-3-5-9(15,8(2)14)10(12,13)16-7-4-6-11;1-3-5-7-9(10,11)8-6-4-2;1-3-5-7(8,9)6-4-2;1-2/h7,15,21H,3-6,8-13H2,1-2H3;6,13,19H,2,4-5,7-11H2,1,3H3;3-4,15H,1-2,5-12H2;4-5,9,15H,1-2,6-8H2,3H3;3-4,13H,1-2,5-10H2;3,14-15H,1,4-7H2,2H3;3-4,11H,1-2,5-8H2;3-4,9H,1-2,5-6H2;1-2H2. The molecule has 0 aromatic heterocycles. The molecule has 0 fully saturated rings. The fourth-order valence-electron chi connectivity index (χ4n) is 10.8. The van der Waals surface area contributed by atoms with Crippen molar-refractivity contribution in [2.45, 2.75) is 324 Å². The topological polar surface area (TPSA) is 223 Å². The Bertz CT molecular complexity index is 2750. The van der Waals surface area contributed by atoms with E-state index in [0.29, 0.717) is 51.4 Å². The summed E-state index contributed by atoms with van der Waals surface area (Å²) >= 11 is 0. The van der Waals surface area contributed by atoms with E-state index < -0.39 is 153 Å². The van der Waals surface area contributed by atoms with E-state index in [-0.39, 0.29) is 107 Å². The zero-order valence-corrected chi connectivity index (χ0v) is 75.5. The molecule has 124 heavy (non-hydrogen) atoms. The summed E-state index contributed by atoms with van der Waals surface area (Å²) < 4.78 is 229. The SMILES string of the molecule is C=C.C=CC(C)C(O)(C=C)C(F)(F)OCCCF.C=CC(CC)C(O)(C(=C)CCC)C(F)(F)OCCCF.C=CC(CCC)C(O)(C(=C)CCCC)C(F)(F)OCCCF.C=CCC(O)(C(C)=N)C(F)(F)OCCCF.C=CCC(O)(F)CC=C.C=CCCC(O)(F)CCC=C.C=CCCCC(O)(F)CCCC=C.C=CCCCCC(O)(F)CCCCC=C. The van der Waals surface area contributed by atoms with E-state index in [2.05, 4.69) is 131 Å². The van der Waals surface area contributed by atoms with Crippen molar-refractivity contribution in [3.05, 3.63) is 202 Å². The lowest BCUT2D eigenvalue weighted by Crippen LogP contribution is -2.56. The van der Waals surface area contributed by atoms with Crippen LogP contribution in [0, 0.1) is 23.2 Å². The summed E-state index contributed by atoms with van der Waals surface area (Å²) in [5.41, 5.74) is -10.9. The zero-order valence-electron chi connectivity index (χ0n) is 75.5. The van der Waals surface area contributed by atoms with Crippen molar-refractivity contribution in [3.8, 4) is 0 Å². The molecule has 0 radical (unpaired) electrons. The fourth-order valence-corrected chi connectivity index (χ4v) is 10.8. The maximum atomic E-state index is 14.5. The monoisotopic (exact) mass is 1810 g/mol. The Labute approximate surface area is 734 Å². The number of hydrogen-bond acceptors (Lipinski definition) is 13. The second-order valence-electron chi connectivity index (χ2n) is 28.9. The molecule has 0 aromatic carbocycles. The van der Waals surface area contributed by atoms with Gasteiger partial charge in [-0.3, -0.25) is 17.6 Å². The summed E-state index contributed by atoms with van der Waals surface area (Å²) in [5, 5.41) is 84.3. The van der Waals surface area contributed by atoms with Gasteiger partial charge in [0.15, 0.2) is 22.4 Å². The Kier molecular flexibility index (Phi) is 85.5. The third-order valence-corrected chi connectivity index (χ3v) is 18.4. The van der Waals surface area contributed by atoms with Gasteiger partial charge in [0.1, 0.15) is 0 Å². The summed E-state index contributed by atoms with van der Waals surface area (Å²) in [6, 6.07) is 0. The van der Waals surface area contributed by atoms with Gasteiger partial charge in [-0.2, -0.15) is 35.1 Å². The summed E-state index contributed by atoms with van der Waals surface area (Å²) in [4.78, 5) is 0. The van der Waals surface area contributed by atoms with Crippen LogP contribution in [-0.2, 0) is 18.9 Å². The molecule has 0 spiro atoms. The van der Waals surface area contributed by atoms with Crippen LogP contribution in [0.1, 0.15) is 253 Å². The minimum Gasteiger partial charge on any atom is -0.377 e. The summed E-state index contributed by atoms with van der Waals surface area (Å²) in [7, 11) is 0. The predicted octanol–water partition coefficient (Wildman–Crippen LogP) is 27.0. The van der Waals surface area contributed by atoms with E-state index in [9.17, 15) is 101 Å². The van der Waals surface area contributed by atoms with Gasteiger partial charge in [-0.05, 0) is 153 Å². The Morgan fingerprint density at radius 2 is 0.669 bits per heavy atom. The van der Waals surface area contributed by atoms with Crippen LogP contribution in [-0.4, -0.2) is 170 Å². The average molecular weight is 1810 g/mol. The third kappa shape index (κ3) is 60.6. The molecule has 0 aromatic rings. The first-order valence-electron chi connectivity index (χ1n) is 42.1. The molecular weight excluding hydrogens is 1650 g/mol. The maximum absolute atomic E-state index is 14.5. The van der Waals surface area contributed by atoms with Gasteiger partial charge < -0.3 is 65.2 Å². The lowest BCUT2D eigenvalue weighted by Gasteiger charge is -2.41. The number of allylic oxidation sites excluding steroid dienone is 6. The summed E-state index contributed by atoms with van der Waals surface area (Å²) in [5.74, 6) is -10.8. The van der Waals surface area contributed by atoms with Gasteiger partial charge in [-0.1, -0.05) is 153 Å². The van der Waals surface area contributed by atoms with E-state index in [1.807, 2.05) is 32.9 Å². The second-order valence-corrected chi connectivity index (χ2v) is 28.9. The van der Waals surface area contributed by atoms with Crippen LogP contribution in [0.4, 0.5) is 70.2 Å². The van der Waals surface area contributed by atoms with Crippen molar-refractivity contribution in [2.75, 3.05) is 53.1 Å². The van der Waals surface area contributed by atoms with E-state index in [1.54, 1.807) is 31.2 Å². The van der Waals surface area contributed by atoms with E-state index in [4.69, 9.17) is 15.6 Å². The molecule has 0 rings (SSSR count). The molecule has 0 amide bonds. The van der Waals surface area contributed by atoms with Gasteiger partial charge in [-0.15, -0.1) is 92.1 Å². The lowest BCUT2D eigenvalue weighted by molar-refractivity contribution is -0.329. The highest BCUT2D eigenvalue weighted by atomic mass is 19.3. The Balaban J connectivity index is -0.000000176. The summed E-state index contributed by atoms with van der Waals surface area (Å²) in [6.07, 6.45) is 15.8. The third-order valence-electron chi connectivity index (χ3n) is 18.4. The van der Waals surface area contributed by atoms with Crippen LogP contribution in [0.3, 0.4) is 0 Å². The Morgan fingerprint density at radius 1 is 0.355 bits per heavy atom. The maximum Gasteiger partial charge on any atom is 0.390 e. The van der Waals surface area contributed by atoms with Gasteiger partial charge in [-0.25, -0.2) is 17.6 Å². The zero-order chi connectivity index (χ0) is 98.5. The molecular formula is C95H159F16NO12. The van der Waals surface area contributed by atoms with Crippen molar-refractivity contribution in [2.24, 2.45) is 17.8 Å². The first kappa shape index (κ1) is 136. The Hall–Kier alpha value is -6.09. The molecule has 0 saturated carbocycles. The molecule has 728 valence electrons. The van der Waals surface area contributed by atoms with Crippen molar-refractivity contribution < 1.29 is 130 Å². The molecule has 0 aliphatic carbocycles. The van der Waals surface area contributed by atoms with Crippen LogP contribution in [0.5, 0.6) is 0 Å². The molecule has 7 unspecified atom stereocenters. The number of hydrogen-bond donors (Lipinski definition) is 9. The summed E-state index contributed by atoms with van der Waals surface area (Å²) in [6.45, 7) is 62.6. The minimum atomic E-state index is -3.93. The predicted molar refractivity (Wildman–Crippen MR) is 478 cm³/mol. The number of halogens is 16. The first-order chi connectivity index (χ1) is 57.8. The van der Waals surface area contributed by atoms with Crippen molar-refractivity contribution in [1.82, 2.24) is 0 Å². The number of nitrogens with one attached hydrogen (secondary N) is 1. The number of aliphatic hydroxyl groups is 8. The molecule has 7 atom stereocenters. The largest absolute Gasteiger partial charge is 0.390 e. The van der Waals surface area contributed by atoms with Gasteiger partial charge >= 0.3 is 24.4 Å². The fraction of sp³-hybridized carbons (Fsp3) is 0.653. The highest BCUT2D eigenvalue weighted by Crippen LogP contribution is 2.47. The number of ether oxygens (including phenoxy) is 4. The highest BCUT2D eigenvalue weighted by molar-refractivity contribution is 5.88. The molecule has 0 aliphatic rings. The minimum absolute atomic E-state index is 0.0111. The molecule has 0 saturated heterocycles.